The van der Waals surface area contributed by atoms with Gasteiger partial charge in [0.15, 0.2) is 6.10 Å². The van der Waals surface area contributed by atoms with Crippen LogP contribution in [0, 0.1) is 0 Å². The fourth-order valence-electron chi connectivity index (χ4n) is 7.39. The predicted octanol–water partition coefficient (Wildman–Crippen LogP) is 9.11. The van der Waals surface area contributed by atoms with Crippen LogP contribution in [0.5, 0.6) is 0 Å². The number of likely N-dealkylation sites (N-methyl/N-ethyl adjacent to an activating group) is 1. The van der Waals surface area contributed by atoms with Gasteiger partial charge in [-0.25, -0.2) is 0 Å². The van der Waals surface area contributed by atoms with Crippen LogP contribution >= 0.6 is 0 Å². The van der Waals surface area contributed by atoms with Gasteiger partial charge in [-0.15, -0.1) is 0 Å². The van der Waals surface area contributed by atoms with Gasteiger partial charge >= 0.3 is 19.3 Å². The molecule has 1 unspecified atom stereocenters. The van der Waals surface area contributed by atoms with E-state index in [1.54, 1.807) is 12.1 Å². The van der Waals surface area contributed by atoms with Crippen LogP contribution in [-0.2, 0) is 25.5 Å². The Morgan fingerprint density at radius 3 is 1.70 bits per heavy atom. The van der Waals surface area contributed by atoms with E-state index in [-0.39, 0.29) is 35.5 Å². The Morgan fingerprint density at radius 1 is 0.750 bits per heavy atom. The number of aliphatic imine (C=N–C) groups is 1. The highest BCUT2D eigenvalue weighted by molar-refractivity contribution is 6.41. The van der Waals surface area contributed by atoms with E-state index in [1.807, 2.05) is 47.1 Å². The van der Waals surface area contributed by atoms with E-state index in [0.29, 0.717) is 41.7 Å². The number of aromatic nitrogens is 1. The van der Waals surface area contributed by atoms with Crippen LogP contribution in [0.3, 0.4) is 0 Å². The molecule has 0 aliphatic carbocycles. The van der Waals surface area contributed by atoms with Gasteiger partial charge < -0.3 is 35.4 Å². The standard InChI is InChI=1S/C45H77BF2N3O4.BrH/c1-7-8-9-10-11-12-13-14-15-18-21-24-27-30-44(52)54-37-42(36-51(4,5)6)55-45(53)31-28-25-22-19-16-17-20-23-26-29-40-32-33-41(50(40)46(47)48)35-43-38(2)34-39(3)49-43;/h32-35,42H,7-31,36-37H2,1-6H3;1H/q+1;/p-1/b43-35+;. The number of carbonyl (C=O) groups excluding carboxylic acids is 2. The fraction of sp³-hybridized carbons (Fsp3) is 0.756. The largest absolute Gasteiger partial charge is 1.00 e. The molecule has 1 aliphatic heterocycles. The van der Waals surface area contributed by atoms with Gasteiger partial charge in [-0.05, 0) is 69.4 Å². The summed E-state index contributed by atoms with van der Waals surface area (Å²) in [6.45, 7) is 6.82. The maximum Gasteiger partial charge on any atom is 0.677 e. The van der Waals surface area contributed by atoms with Crippen LogP contribution in [0.15, 0.2) is 34.5 Å². The lowest BCUT2D eigenvalue weighted by Gasteiger charge is -2.28. The number of halogens is 3. The molecule has 320 valence electrons. The minimum atomic E-state index is -2.58. The fourth-order valence-corrected chi connectivity index (χ4v) is 7.39. The molecule has 0 radical (unpaired) electrons. The first-order valence-electron chi connectivity index (χ1n) is 22.0. The number of unbranched alkanes of at least 4 members (excludes halogenated alkanes) is 20. The number of carbonyl (C=O) groups is 2. The van der Waals surface area contributed by atoms with Crippen LogP contribution < -0.4 is 17.0 Å². The molecule has 0 N–H and O–H groups in total. The van der Waals surface area contributed by atoms with Crippen molar-refractivity contribution in [2.45, 2.75) is 187 Å². The van der Waals surface area contributed by atoms with E-state index in [9.17, 15) is 18.2 Å². The van der Waals surface area contributed by atoms with E-state index in [0.717, 1.165) is 92.1 Å². The van der Waals surface area contributed by atoms with Crippen LogP contribution in [-0.4, -0.2) is 74.4 Å². The molecule has 7 nitrogen and oxygen atoms in total. The Morgan fingerprint density at radius 2 is 1.23 bits per heavy atom. The molecule has 0 saturated carbocycles. The number of quaternary nitrogens is 1. The zero-order chi connectivity index (χ0) is 40.3. The van der Waals surface area contributed by atoms with E-state index in [2.05, 4.69) is 11.9 Å². The molecule has 0 amide bonds. The maximum atomic E-state index is 13.9. The number of ether oxygens (including phenoxy) is 2. The van der Waals surface area contributed by atoms with Gasteiger partial charge in [0.2, 0.25) is 0 Å². The van der Waals surface area contributed by atoms with E-state index in [1.165, 1.54) is 70.6 Å². The quantitative estimate of drug-likeness (QED) is 0.0307. The summed E-state index contributed by atoms with van der Waals surface area (Å²) in [4.78, 5) is 29.6. The topological polar surface area (TPSA) is 69.9 Å². The van der Waals surface area contributed by atoms with Crippen molar-refractivity contribution in [3.63, 3.8) is 0 Å². The molecule has 1 aliphatic rings. The van der Waals surface area contributed by atoms with Crippen molar-refractivity contribution in [3.05, 3.63) is 40.9 Å². The normalized spacial score (nSPS) is 14.0. The van der Waals surface area contributed by atoms with Crippen molar-refractivity contribution in [2.24, 2.45) is 4.99 Å². The second-order valence-corrected chi connectivity index (χ2v) is 16.9. The minimum absolute atomic E-state index is 0. The SMILES string of the molecule is CCCCCCCCCCCCCCCC(=O)OCC(C[N+](C)(C)C)OC(=O)CCCCCCCCCCCc1ccc(/C=C2/N=C(C)C=C2C)n1B(F)F.[Br-]. The molecule has 1 atom stereocenters. The molecule has 0 spiro atoms. The number of allylic oxidation sites excluding steroid dienone is 2. The number of hydrogen-bond donors (Lipinski definition) is 0. The summed E-state index contributed by atoms with van der Waals surface area (Å²) in [6, 6.07) is 3.59. The Hall–Kier alpha value is -2.27. The van der Waals surface area contributed by atoms with Crippen LogP contribution in [0.1, 0.15) is 186 Å². The molecule has 0 saturated heterocycles. The lowest BCUT2D eigenvalue weighted by molar-refractivity contribution is -0.873. The molecule has 0 bridgehead atoms. The molecular formula is C45H77BBrF2N3O4. The molecule has 2 rings (SSSR count). The van der Waals surface area contributed by atoms with Gasteiger partial charge in [-0.1, -0.05) is 129 Å². The van der Waals surface area contributed by atoms with E-state index in [4.69, 9.17) is 9.47 Å². The Kier molecular flexibility index (Phi) is 28.4. The molecule has 0 fully saturated rings. The van der Waals surface area contributed by atoms with Gasteiger partial charge in [0.1, 0.15) is 13.2 Å². The van der Waals surface area contributed by atoms with Crippen molar-refractivity contribution < 1.29 is 49.2 Å². The smallest absolute Gasteiger partial charge is 0.677 e. The molecule has 1 aromatic heterocycles. The van der Waals surface area contributed by atoms with Crippen LogP contribution in [0.4, 0.5) is 8.63 Å². The van der Waals surface area contributed by atoms with Crippen molar-refractivity contribution in [2.75, 3.05) is 34.3 Å². The molecule has 0 aromatic carbocycles. The van der Waals surface area contributed by atoms with Crippen molar-refractivity contribution in [1.82, 2.24) is 4.48 Å². The number of aryl methyl sites for hydroxylation is 1. The number of hydrogen-bond acceptors (Lipinski definition) is 5. The predicted molar refractivity (Wildman–Crippen MR) is 227 cm³/mol. The lowest BCUT2D eigenvalue weighted by atomic mass is 10.0. The van der Waals surface area contributed by atoms with Crippen LogP contribution in [0.25, 0.3) is 6.08 Å². The monoisotopic (exact) mass is 852 g/mol. The van der Waals surface area contributed by atoms with Gasteiger partial charge in [0.05, 0.1) is 26.8 Å². The Labute approximate surface area is 351 Å². The first-order valence-corrected chi connectivity index (χ1v) is 22.0. The summed E-state index contributed by atoms with van der Waals surface area (Å²) in [7, 11) is 3.56. The number of nitrogens with zero attached hydrogens (tertiary/aromatic N) is 3. The van der Waals surface area contributed by atoms with Gasteiger partial charge in [0, 0.05) is 29.9 Å². The van der Waals surface area contributed by atoms with Crippen molar-refractivity contribution in [1.29, 1.82) is 0 Å². The zero-order valence-corrected chi connectivity index (χ0v) is 37.8. The minimum Gasteiger partial charge on any atom is -1.00 e. The lowest BCUT2D eigenvalue weighted by Crippen LogP contribution is -3.00. The van der Waals surface area contributed by atoms with Crippen LogP contribution in [0.2, 0.25) is 0 Å². The Bertz CT molecular complexity index is 1320. The second kappa shape index (κ2) is 30.8. The molecular weight excluding hydrogens is 775 g/mol. The van der Waals surface area contributed by atoms with E-state index >= 15 is 0 Å². The van der Waals surface area contributed by atoms with Gasteiger partial charge in [-0.3, -0.25) is 23.2 Å². The first-order chi connectivity index (χ1) is 26.4. The molecule has 56 heavy (non-hydrogen) atoms. The van der Waals surface area contributed by atoms with Crippen molar-refractivity contribution in [3.8, 4) is 0 Å². The highest BCUT2D eigenvalue weighted by Crippen LogP contribution is 2.24. The summed E-state index contributed by atoms with van der Waals surface area (Å²) in [5.41, 5.74) is 3.81. The average molecular weight is 853 g/mol. The second-order valence-electron chi connectivity index (χ2n) is 16.9. The molecule has 2 heterocycles. The van der Waals surface area contributed by atoms with E-state index < -0.39 is 13.5 Å². The zero-order valence-electron chi connectivity index (χ0n) is 36.2. The summed E-state index contributed by atoms with van der Waals surface area (Å²) < 4.78 is 41.0. The van der Waals surface area contributed by atoms with Gasteiger partial charge in [0.25, 0.3) is 0 Å². The third-order valence-electron chi connectivity index (χ3n) is 10.4. The number of rotatable bonds is 33. The molecule has 11 heteroatoms. The third kappa shape index (κ3) is 24.5. The summed E-state index contributed by atoms with van der Waals surface area (Å²) >= 11 is 0. The first kappa shape index (κ1) is 51.8. The highest BCUT2D eigenvalue weighted by atomic mass is 79.9. The summed E-state index contributed by atoms with van der Waals surface area (Å²) in [5, 5.41) is 0. The van der Waals surface area contributed by atoms with Crippen molar-refractivity contribution >= 4 is 31.1 Å². The highest BCUT2D eigenvalue weighted by Gasteiger charge is 2.25. The third-order valence-corrected chi connectivity index (χ3v) is 10.4. The van der Waals surface area contributed by atoms with Gasteiger partial charge in [-0.2, -0.15) is 0 Å². The summed E-state index contributed by atoms with van der Waals surface area (Å²) in [5.74, 6) is -0.421. The average Bonchev–Trinajstić information content (AvgIpc) is 3.67. The maximum absolute atomic E-state index is 13.9. The summed E-state index contributed by atoms with van der Waals surface area (Å²) in [6.07, 6.45) is 30.4. The number of esters is 2. The molecule has 1 aromatic rings. The Balaban J connectivity index is 0.0000157.